The van der Waals surface area contributed by atoms with E-state index >= 15 is 0 Å². The number of carbonyl (C=O) groups is 1. The van der Waals surface area contributed by atoms with Crippen molar-refractivity contribution in [2.45, 2.75) is 43.4 Å². The highest BCUT2D eigenvalue weighted by molar-refractivity contribution is 7.99. The van der Waals surface area contributed by atoms with E-state index in [0.29, 0.717) is 38.9 Å². The van der Waals surface area contributed by atoms with Gasteiger partial charge in [0.2, 0.25) is 5.91 Å². The number of guanidine groups is 1. The van der Waals surface area contributed by atoms with Gasteiger partial charge in [-0.2, -0.15) is 11.8 Å². The predicted molar refractivity (Wildman–Crippen MR) is 121 cm³/mol. The maximum absolute atomic E-state index is 13.3. The molecule has 29 heavy (non-hydrogen) atoms. The Bertz CT molecular complexity index is 664. The Morgan fingerprint density at radius 1 is 1.28 bits per heavy atom. The third-order valence-corrected chi connectivity index (χ3v) is 6.75. The van der Waals surface area contributed by atoms with Crippen LogP contribution in [0.5, 0.6) is 0 Å². The smallest absolute Gasteiger partial charge is 0.232 e. The fraction of sp³-hybridized carbons (Fsp3) is 0.636. The van der Waals surface area contributed by atoms with Gasteiger partial charge in [-0.3, -0.25) is 9.79 Å². The maximum atomic E-state index is 13.3. The van der Waals surface area contributed by atoms with E-state index in [2.05, 4.69) is 23.8 Å². The number of ether oxygens (including phenoxy) is 1. The summed E-state index contributed by atoms with van der Waals surface area (Å²) >= 11 is 1.95. The molecule has 1 aliphatic carbocycles. The zero-order valence-corrected chi connectivity index (χ0v) is 18.4. The number of rotatable bonds is 7. The molecule has 3 unspecified atom stereocenters. The molecule has 2 aliphatic rings. The summed E-state index contributed by atoms with van der Waals surface area (Å²) in [5.41, 5.74) is 1.02. The molecule has 1 heterocycles. The molecule has 1 amide bonds. The van der Waals surface area contributed by atoms with E-state index in [1.54, 1.807) is 0 Å². The fourth-order valence-corrected chi connectivity index (χ4v) is 4.79. The molecule has 0 radical (unpaired) electrons. The molecule has 160 valence electrons. The van der Waals surface area contributed by atoms with Crippen molar-refractivity contribution >= 4 is 23.6 Å². The zero-order valence-electron chi connectivity index (χ0n) is 17.6. The highest BCUT2D eigenvalue weighted by atomic mass is 32.2. The summed E-state index contributed by atoms with van der Waals surface area (Å²) in [6.07, 6.45) is 5.78. The first-order chi connectivity index (χ1) is 14.2. The van der Waals surface area contributed by atoms with Crippen molar-refractivity contribution in [3.63, 3.8) is 0 Å². The third-order valence-electron chi connectivity index (χ3n) is 5.66. The van der Waals surface area contributed by atoms with Crippen LogP contribution in [0.1, 0.15) is 37.7 Å². The standard InChI is InChI=1S/C22H34N4O2S/c1-3-23-22(25-18-9-10-19(15-18)29-2)24-16-20(17-7-5-4-6-8-17)21(27)26-11-13-28-14-12-26/h4-8,18-20H,3,9-16H2,1-2H3,(H2,23,24,25). The van der Waals surface area contributed by atoms with Gasteiger partial charge in [0.05, 0.1) is 25.7 Å². The number of morpholine rings is 1. The van der Waals surface area contributed by atoms with Crippen molar-refractivity contribution in [1.29, 1.82) is 0 Å². The van der Waals surface area contributed by atoms with Crippen LogP contribution in [0.2, 0.25) is 0 Å². The molecular weight excluding hydrogens is 384 g/mol. The number of hydrogen-bond donors (Lipinski definition) is 2. The average molecular weight is 419 g/mol. The Labute approximate surface area is 178 Å². The van der Waals surface area contributed by atoms with E-state index in [-0.39, 0.29) is 11.8 Å². The molecule has 1 saturated carbocycles. The Morgan fingerprint density at radius 3 is 2.69 bits per heavy atom. The first-order valence-corrected chi connectivity index (χ1v) is 12.0. The van der Waals surface area contributed by atoms with Crippen molar-refractivity contribution in [2.24, 2.45) is 4.99 Å². The molecule has 0 aromatic heterocycles. The predicted octanol–water partition coefficient (Wildman–Crippen LogP) is 2.47. The van der Waals surface area contributed by atoms with Gasteiger partial charge in [0.25, 0.3) is 0 Å². The summed E-state index contributed by atoms with van der Waals surface area (Å²) in [7, 11) is 0. The van der Waals surface area contributed by atoms with Crippen LogP contribution in [-0.4, -0.2) is 73.7 Å². The molecule has 1 saturated heterocycles. The molecule has 1 aliphatic heterocycles. The molecule has 0 spiro atoms. The van der Waals surface area contributed by atoms with E-state index in [9.17, 15) is 4.79 Å². The minimum absolute atomic E-state index is 0.141. The summed E-state index contributed by atoms with van der Waals surface area (Å²) < 4.78 is 5.41. The Morgan fingerprint density at radius 2 is 2.03 bits per heavy atom. The molecule has 7 heteroatoms. The minimum atomic E-state index is -0.271. The van der Waals surface area contributed by atoms with Gasteiger partial charge in [-0.25, -0.2) is 0 Å². The van der Waals surface area contributed by atoms with Gasteiger partial charge < -0.3 is 20.3 Å². The van der Waals surface area contributed by atoms with Crippen LogP contribution < -0.4 is 10.6 Å². The van der Waals surface area contributed by atoms with Crippen molar-refractivity contribution in [3.05, 3.63) is 35.9 Å². The van der Waals surface area contributed by atoms with E-state index < -0.39 is 0 Å². The fourth-order valence-electron chi connectivity index (χ4n) is 4.00. The Hall–Kier alpha value is -1.73. The second kappa shape index (κ2) is 11.5. The molecule has 1 aromatic carbocycles. The van der Waals surface area contributed by atoms with E-state index in [0.717, 1.165) is 23.3 Å². The van der Waals surface area contributed by atoms with Crippen molar-refractivity contribution in [2.75, 3.05) is 45.6 Å². The van der Waals surface area contributed by atoms with Crippen LogP contribution in [0, 0.1) is 0 Å². The van der Waals surface area contributed by atoms with Crippen molar-refractivity contribution < 1.29 is 9.53 Å². The van der Waals surface area contributed by atoms with Gasteiger partial charge in [0, 0.05) is 30.9 Å². The van der Waals surface area contributed by atoms with Crippen LogP contribution in [0.15, 0.2) is 35.3 Å². The quantitative estimate of drug-likeness (QED) is 0.526. The number of amides is 1. The number of nitrogens with one attached hydrogen (secondary N) is 2. The summed E-state index contributed by atoms with van der Waals surface area (Å²) in [4.78, 5) is 20.0. The monoisotopic (exact) mass is 418 g/mol. The van der Waals surface area contributed by atoms with Gasteiger partial charge >= 0.3 is 0 Å². The molecule has 0 bridgehead atoms. The molecular formula is C22H34N4O2S. The maximum Gasteiger partial charge on any atom is 0.232 e. The zero-order chi connectivity index (χ0) is 20.5. The number of hydrogen-bond acceptors (Lipinski definition) is 4. The van der Waals surface area contributed by atoms with Crippen molar-refractivity contribution in [1.82, 2.24) is 15.5 Å². The molecule has 3 atom stereocenters. The largest absolute Gasteiger partial charge is 0.378 e. The number of thioether (sulfide) groups is 1. The highest BCUT2D eigenvalue weighted by Gasteiger charge is 2.28. The second-order valence-corrected chi connectivity index (χ2v) is 8.77. The van der Waals surface area contributed by atoms with Crippen LogP contribution in [-0.2, 0) is 9.53 Å². The lowest BCUT2D eigenvalue weighted by Crippen LogP contribution is -2.45. The lowest BCUT2D eigenvalue weighted by atomic mass is 9.97. The van der Waals surface area contributed by atoms with E-state index in [4.69, 9.17) is 9.73 Å². The summed E-state index contributed by atoms with van der Waals surface area (Å²) in [6.45, 7) is 5.85. The number of aliphatic imine (C=N–C) groups is 1. The molecule has 6 nitrogen and oxygen atoms in total. The van der Waals surface area contributed by atoms with Crippen LogP contribution in [0.4, 0.5) is 0 Å². The van der Waals surface area contributed by atoms with Crippen molar-refractivity contribution in [3.8, 4) is 0 Å². The van der Waals surface area contributed by atoms with Gasteiger partial charge in [-0.1, -0.05) is 30.3 Å². The normalized spacial score (nSPS) is 23.7. The van der Waals surface area contributed by atoms with Gasteiger partial charge in [0.1, 0.15) is 0 Å². The summed E-state index contributed by atoms with van der Waals surface area (Å²) in [6, 6.07) is 10.5. The van der Waals surface area contributed by atoms with Gasteiger partial charge in [-0.05, 0) is 38.0 Å². The molecule has 2 N–H and O–H groups in total. The minimum Gasteiger partial charge on any atom is -0.378 e. The molecule has 3 rings (SSSR count). The van der Waals surface area contributed by atoms with E-state index in [1.807, 2.05) is 47.0 Å². The average Bonchev–Trinajstić information content (AvgIpc) is 3.23. The molecule has 2 fully saturated rings. The Balaban J connectivity index is 1.71. The first-order valence-electron chi connectivity index (χ1n) is 10.7. The van der Waals surface area contributed by atoms with Gasteiger partial charge in [-0.15, -0.1) is 0 Å². The van der Waals surface area contributed by atoms with Crippen LogP contribution in [0.3, 0.4) is 0 Å². The second-order valence-electron chi connectivity index (χ2n) is 7.63. The summed E-state index contributed by atoms with van der Waals surface area (Å²) in [5, 5.41) is 7.67. The first kappa shape index (κ1) is 22.0. The third kappa shape index (κ3) is 6.37. The lowest BCUT2D eigenvalue weighted by Gasteiger charge is -2.30. The SMILES string of the molecule is CCNC(=NCC(C(=O)N1CCOCC1)c1ccccc1)NC1CCC(SC)C1. The van der Waals surface area contributed by atoms with Crippen LogP contribution >= 0.6 is 11.8 Å². The highest BCUT2D eigenvalue weighted by Crippen LogP contribution is 2.28. The van der Waals surface area contributed by atoms with E-state index in [1.165, 1.54) is 19.3 Å². The lowest BCUT2D eigenvalue weighted by molar-refractivity contribution is -0.136. The number of benzene rings is 1. The molecule has 1 aromatic rings. The van der Waals surface area contributed by atoms with Gasteiger partial charge in [0.15, 0.2) is 5.96 Å². The topological polar surface area (TPSA) is 66.0 Å². The Kier molecular flexibility index (Phi) is 8.68. The van der Waals surface area contributed by atoms with Crippen LogP contribution in [0.25, 0.3) is 0 Å². The number of nitrogens with zero attached hydrogens (tertiary/aromatic N) is 2. The summed E-state index contributed by atoms with van der Waals surface area (Å²) in [5.74, 6) is 0.685. The number of carbonyl (C=O) groups excluding carboxylic acids is 1.